The molecule has 0 nitrogen and oxygen atoms in total. The molecular formula is C57H54. The van der Waals surface area contributed by atoms with Crippen molar-refractivity contribution in [1.29, 1.82) is 0 Å². The third-order valence-electron chi connectivity index (χ3n) is 11.5. The number of aryl methyl sites for hydroxylation is 6. The zero-order valence-electron chi connectivity index (χ0n) is 34.8. The van der Waals surface area contributed by atoms with E-state index >= 15 is 0 Å². The van der Waals surface area contributed by atoms with Crippen LogP contribution in [0.1, 0.15) is 58.4 Å². The van der Waals surface area contributed by atoms with Crippen molar-refractivity contribution in [2.24, 2.45) is 0 Å². The second-order valence-electron chi connectivity index (χ2n) is 16.1. The van der Waals surface area contributed by atoms with Crippen molar-refractivity contribution in [2.45, 2.75) is 60.8 Å². The Morgan fingerprint density at radius 3 is 1.39 bits per heavy atom. The van der Waals surface area contributed by atoms with Crippen LogP contribution < -0.4 is 0 Å². The third-order valence-corrected chi connectivity index (χ3v) is 11.5. The second kappa shape index (κ2) is 16.9. The van der Waals surface area contributed by atoms with Gasteiger partial charge in [0.25, 0.3) is 0 Å². The zero-order valence-corrected chi connectivity index (χ0v) is 34.8. The summed E-state index contributed by atoms with van der Waals surface area (Å²) in [6.07, 6.45) is 0. The van der Waals surface area contributed by atoms with Gasteiger partial charge >= 0.3 is 0 Å². The lowest BCUT2D eigenvalue weighted by Gasteiger charge is -2.22. The summed E-state index contributed by atoms with van der Waals surface area (Å²) >= 11 is 0. The fourth-order valence-corrected chi connectivity index (χ4v) is 8.28. The molecule has 8 aromatic rings. The van der Waals surface area contributed by atoms with E-state index in [1.54, 1.807) is 0 Å². The third kappa shape index (κ3) is 8.33. The largest absolute Gasteiger partial charge is 0.0622 e. The van der Waals surface area contributed by atoms with Crippen LogP contribution >= 0.6 is 0 Å². The number of hydrogen-bond acceptors (Lipinski definition) is 0. The highest BCUT2D eigenvalue weighted by Crippen LogP contribution is 2.50. The Morgan fingerprint density at radius 2 is 0.789 bits per heavy atom. The molecule has 0 heterocycles. The summed E-state index contributed by atoms with van der Waals surface area (Å²) in [6, 6.07) is 65.4. The number of benzene rings is 8. The van der Waals surface area contributed by atoms with Crippen LogP contribution in [-0.4, -0.2) is 0 Å². The van der Waals surface area contributed by atoms with E-state index < -0.39 is 0 Å². The van der Waals surface area contributed by atoms with Gasteiger partial charge in [-0.25, -0.2) is 0 Å². The standard InChI is InChI=1S/C27H24.C23H22.C7H8/c1-19-13-16-25(27(17-19)22-10-5-4-6-11-22)23-15-14-21(3)26(18-23)24-12-8-7-9-20(24)2;1-15-9-5-6-10-17(15)19-14-20-18-11-7-8-12-21(18)23(3,4)22(20)13-16(19)2;1-7-5-3-2-4-6-7/h4-18H,1-3H3;5-14H,1-4H3;2-6H,1H3. The maximum Gasteiger partial charge on any atom is 0.0158 e. The quantitative estimate of drug-likeness (QED) is 0.169. The Kier molecular flexibility index (Phi) is 11.5. The molecule has 0 saturated carbocycles. The molecule has 9 rings (SSSR count). The van der Waals surface area contributed by atoms with E-state index in [9.17, 15) is 0 Å². The highest BCUT2D eigenvalue weighted by Gasteiger charge is 2.35. The van der Waals surface area contributed by atoms with Gasteiger partial charge in [0, 0.05) is 5.41 Å². The molecule has 1 aliphatic rings. The average Bonchev–Trinajstić information content (AvgIpc) is 3.44. The van der Waals surface area contributed by atoms with Gasteiger partial charge in [-0.05, 0) is 143 Å². The van der Waals surface area contributed by atoms with Gasteiger partial charge in [-0.3, -0.25) is 0 Å². The van der Waals surface area contributed by atoms with Crippen LogP contribution in [0.3, 0.4) is 0 Å². The SMILES string of the molecule is Cc1ccc(-c2ccc(C)c(-c3ccccc3C)c2)c(-c2ccccc2)c1.Cc1ccccc1.Cc1ccccc1-c1cc2c(cc1C)C(C)(C)c1ccccc1-2. The highest BCUT2D eigenvalue weighted by atomic mass is 14.4. The highest BCUT2D eigenvalue weighted by molar-refractivity contribution is 5.88. The molecule has 1 aliphatic carbocycles. The summed E-state index contributed by atoms with van der Waals surface area (Å²) in [5.41, 5.74) is 24.1. The van der Waals surface area contributed by atoms with Gasteiger partial charge in [-0.15, -0.1) is 0 Å². The first-order valence-corrected chi connectivity index (χ1v) is 20.2. The van der Waals surface area contributed by atoms with E-state index in [-0.39, 0.29) is 5.41 Å². The monoisotopic (exact) mass is 738 g/mol. The summed E-state index contributed by atoms with van der Waals surface area (Å²) < 4.78 is 0. The van der Waals surface area contributed by atoms with Crippen molar-refractivity contribution in [2.75, 3.05) is 0 Å². The Hall–Kier alpha value is -6.24. The predicted octanol–water partition coefficient (Wildman–Crippen LogP) is 15.9. The van der Waals surface area contributed by atoms with Crippen LogP contribution in [0.5, 0.6) is 0 Å². The van der Waals surface area contributed by atoms with Crippen LogP contribution in [0.4, 0.5) is 0 Å². The normalized spacial score (nSPS) is 12.0. The lowest BCUT2D eigenvalue weighted by Crippen LogP contribution is -2.15. The van der Waals surface area contributed by atoms with Crippen molar-refractivity contribution in [3.63, 3.8) is 0 Å². The molecule has 282 valence electrons. The smallest absolute Gasteiger partial charge is 0.0158 e. The first-order chi connectivity index (χ1) is 27.5. The lowest BCUT2D eigenvalue weighted by molar-refractivity contribution is 0.660. The summed E-state index contributed by atoms with van der Waals surface area (Å²) in [4.78, 5) is 0. The topological polar surface area (TPSA) is 0 Å². The van der Waals surface area contributed by atoms with Crippen LogP contribution in [0, 0.1) is 41.5 Å². The van der Waals surface area contributed by atoms with E-state index in [1.165, 1.54) is 100 Å². The molecular weight excluding hydrogens is 685 g/mol. The van der Waals surface area contributed by atoms with Crippen molar-refractivity contribution in [1.82, 2.24) is 0 Å². The van der Waals surface area contributed by atoms with Crippen molar-refractivity contribution >= 4 is 0 Å². The van der Waals surface area contributed by atoms with E-state index in [2.05, 4.69) is 219 Å². The van der Waals surface area contributed by atoms with Gasteiger partial charge in [0.2, 0.25) is 0 Å². The summed E-state index contributed by atoms with van der Waals surface area (Å²) in [5, 5.41) is 0. The Bertz CT molecular complexity index is 2640. The van der Waals surface area contributed by atoms with Crippen LogP contribution in [0.2, 0.25) is 0 Å². The van der Waals surface area contributed by atoms with E-state index in [0.717, 1.165) is 0 Å². The van der Waals surface area contributed by atoms with Gasteiger partial charge in [0.1, 0.15) is 0 Å². The molecule has 0 N–H and O–H groups in total. The molecule has 57 heavy (non-hydrogen) atoms. The molecule has 0 radical (unpaired) electrons. The molecule has 0 heteroatoms. The molecule has 0 saturated heterocycles. The molecule has 0 unspecified atom stereocenters. The van der Waals surface area contributed by atoms with Crippen LogP contribution in [0.15, 0.2) is 182 Å². The minimum atomic E-state index is 0.0843. The lowest BCUT2D eigenvalue weighted by atomic mass is 9.81. The fourth-order valence-electron chi connectivity index (χ4n) is 8.28. The van der Waals surface area contributed by atoms with Crippen molar-refractivity contribution < 1.29 is 0 Å². The summed E-state index contributed by atoms with van der Waals surface area (Å²) in [6.45, 7) is 17.7. The molecule has 0 aliphatic heterocycles. The molecule has 0 atom stereocenters. The van der Waals surface area contributed by atoms with E-state index in [4.69, 9.17) is 0 Å². The van der Waals surface area contributed by atoms with Crippen molar-refractivity contribution in [3.8, 4) is 55.6 Å². The molecule has 0 fully saturated rings. The Balaban J connectivity index is 0.000000150. The van der Waals surface area contributed by atoms with Crippen molar-refractivity contribution in [3.05, 3.63) is 226 Å². The second-order valence-corrected chi connectivity index (χ2v) is 16.1. The predicted molar refractivity (Wildman–Crippen MR) is 247 cm³/mol. The van der Waals surface area contributed by atoms with Gasteiger partial charge in [-0.1, -0.05) is 195 Å². The number of hydrogen-bond donors (Lipinski definition) is 0. The van der Waals surface area contributed by atoms with Gasteiger partial charge in [-0.2, -0.15) is 0 Å². The molecule has 0 spiro atoms. The maximum atomic E-state index is 2.40. The number of rotatable bonds is 4. The average molecular weight is 739 g/mol. The molecule has 8 aromatic carbocycles. The summed E-state index contributed by atoms with van der Waals surface area (Å²) in [5.74, 6) is 0. The summed E-state index contributed by atoms with van der Waals surface area (Å²) in [7, 11) is 0. The first kappa shape index (κ1) is 39.0. The van der Waals surface area contributed by atoms with Gasteiger partial charge < -0.3 is 0 Å². The Morgan fingerprint density at radius 1 is 0.263 bits per heavy atom. The van der Waals surface area contributed by atoms with Gasteiger partial charge in [0.15, 0.2) is 0 Å². The molecule has 0 amide bonds. The minimum Gasteiger partial charge on any atom is -0.0622 e. The van der Waals surface area contributed by atoms with Crippen LogP contribution in [-0.2, 0) is 5.41 Å². The number of fused-ring (bicyclic) bond motifs is 3. The van der Waals surface area contributed by atoms with Gasteiger partial charge in [0.05, 0.1) is 0 Å². The Labute approximate surface area is 341 Å². The molecule has 0 aromatic heterocycles. The minimum absolute atomic E-state index is 0.0843. The van der Waals surface area contributed by atoms with Crippen LogP contribution in [0.25, 0.3) is 55.6 Å². The fraction of sp³-hybridized carbons (Fsp3) is 0.158. The van der Waals surface area contributed by atoms with E-state index in [0.29, 0.717) is 0 Å². The first-order valence-electron chi connectivity index (χ1n) is 20.2. The maximum absolute atomic E-state index is 2.40. The van der Waals surface area contributed by atoms with E-state index in [1.807, 2.05) is 18.2 Å². The zero-order chi connectivity index (χ0) is 40.1. The molecule has 0 bridgehead atoms.